The van der Waals surface area contributed by atoms with E-state index in [2.05, 4.69) is 17.1 Å². The second kappa shape index (κ2) is 6.39. The van der Waals surface area contributed by atoms with Gasteiger partial charge in [-0.15, -0.1) is 0 Å². The van der Waals surface area contributed by atoms with E-state index >= 15 is 0 Å². The van der Waals surface area contributed by atoms with E-state index in [1.807, 2.05) is 0 Å². The lowest BCUT2D eigenvalue weighted by molar-refractivity contribution is -0.133. The van der Waals surface area contributed by atoms with Crippen LogP contribution in [0.15, 0.2) is 0 Å². The first kappa shape index (κ1) is 12.9. The molecule has 17 heavy (non-hydrogen) atoms. The van der Waals surface area contributed by atoms with Gasteiger partial charge in [-0.25, -0.2) is 0 Å². The zero-order valence-electron chi connectivity index (χ0n) is 11.1. The van der Waals surface area contributed by atoms with Crippen molar-refractivity contribution in [2.24, 2.45) is 0 Å². The number of nitrogens with one attached hydrogen (secondary N) is 1. The van der Waals surface area contributed by atoms with Crippen molar-refractivity contribution in [3.63, 3.8) is 0 Å². The molecular weight excluding hydrogens is 212 g/mol. The molecule has 3 nitrogen and oxygen atoms in total. The lowest BCUT2D eigenvalue weighted by Gasteiger charge is -2.31. The smallest absolute Gasteiger partial charge is 0.224 e. The van der Waals surface area contributed by atoms with Crippen LogP contribution in [-0.4, -0.2) is 36.0 Å². The normalized spacial score (nSPS) is 26.1. The molecule has 1 heterocycles. The molecule has 0 spiro atoms. The molecule has 1 N–H and O–H groups in total. The zero-order valence-corrected chi connectivity index (χ0v) is 11.1. The molecule has 0 aromatic heterocycles. The molecule has 1 saturated carbocycles. The highest BCUT2D eigenvalue weighted by Crippen LogP contribution is 2.24. The SMILES string of the molecule is CCN(C(=O)CC1CCCCN1)C1CCCC1. The molecule has 0 radical (unpaired) electrons. The number of hydrogen-bond acceptors (Lipinski definition) is 2. The van der Waals surface area contributed by atoms with E-state index in [1.54, 1.807) is 0 Å². The molecule has 98 valence electrons. The van der Waals surface area contributed by atoms with E-state index < -0.39 is 0 Å². The van der Waals surface area contributed by atoms with Gasteiger partial charge in [0.25, 0.3) is 0 Å². The number of nitrogens with zero attached hydrogens (tertiary/aromatic N) is 1. The molecule has 0 aromatic rings. The van der Waals surface area contributed by atoms with Crippen molar-refractivity contribution in [1.29, 1.82) is 0 Å². The highest BCUT2D eigenvalue weighted by atomic mass is 16.2. The van der Waals surface area contributed by atoms with Crippen molar-refractivity contribution in [3.8, 4) is 0 Å². The quantitative estimate of drug-likeness (QED) is 0.815. The fourth-order valence-corrected chi connectivity index (χ4v) is 3.28. The molecule has 0 aromatic carbocycles. The Balaban J connectivity index is 1.83. The Labute approximate surface area is 105 Å². The monoisotopic (exact) mass is 238 g/mol. The molecule has 1 aliphatic heterocycles. The molecule has 1 aliphatic carbocycles. The van der Waals surface area contributed by atoms with Gasteiger partial charge in [0.1, 0.15) is 0 Å². The summed E-state index contributed by atoms with van der Waals surface area (Å²) < 4.78 is 0. The van der Waals surface area contributed by atoms with Crippen LogP contribution in [0.3, 0.4) is 0 Å². The highest BCUT2D eigenvalue weighted by molar-refractivity contribution is 5.77. The number of rotatable bonds is 4. The molecule has 2 fully saturated rings. The fraction of sp³-hybridized carbons (Fsp3) is 0.929. The molecule has 1 unspecified atom stereocenters. The average Bonchev–Trinajstić information content (AvgIpc) is 2.85. The third-order valence-corrected chi connectivity index (χ3v) is 4.26. The number of carbonyl (C=O) groups excluding carboxylic acids is 1. The Hall–Kier alpha value is -0.570. The van der Waals surface area contributed by atoms with Crippen LogP contribution in [0.2, 0.25) is 0 Å². The summed E-state index contributed by atoms with van der Waals surface area (Å²) in [6, 6.07) is 0.975. The van der Waals surface area contributed by atoms with Crippen molar-refractivity contribution in [3.05, 3.63) is 0 Å². The lowest BCUT2D eigenvalue weighted by Crippen LogP contribution is -2.43. The number of piperidine rings is 1. The predicted molar refractivity (Wildman–Crippen MR) is 69.9 cm³/mol. The maximum Gasteiger partial charge on any atom is 0.224 e. The molecule has 1 atom stereocenters. The fourth-order valence-electron chi connectivity index (χ4n) is 3.28. The van der Waals surface area contributed by atoms with E-state index in [9.17, 15) is 4.79 Å². The molecule has 2 aliphatic rings. The van der Waals surface area contributed by atoms with Crippen LogP contribution in [0.5, 0.6) is 0 Å². The first-order valence-corrected chi connectivity index (χ1v) is 7.34. The van der Waals surface area contributed by atoms with E-state index in [0.29, 0.717) is 24.4 Å². The average molecular weight is 238 g/mol. The summed E-state index contributed by atoms with van der Waals surface area (Å²) in [4.78, 5) is 14.4. The Bertz CT molecular complexity index is 243. The first-order valence-electron chi connectivity index (χ1n) is 7.34. The van der Waals surface area contributed by atoms with Crippen LogP contribution >= 0.6 is 0 Å². The van der Waals surface area contributed by atoms with E-state index in [0.717, 1.165) is 13.1 Å². The van der Waals surface area contributed by atoms with Crippen LogP contribution in [0, 0.1) is 0 Å². The van der Waals surface area contributed by atoms with Gasteiger partial charge in [0.2, 0.25) is 5.91 Å². The predicted octanol–water partition coefficient (Wildman–Crippen LogP) is 2.31. The van der Waals surface area contributed by atoms with Gasteiger partial charge in [-0.1, -0.05) is 19.3 Å². The van der Waals surface area contributed by atoms with E-state index in [-0.39, 0.29) is 0 Å². The minimum absolute atomic E-state index is 0.374. The van der Waals surface area contributed by atoms with Crippen LogP contribution in [-0.2, 0) is 4.79 Å². The van der Waals surface area contributed by atoms with Gasteiger partial charge in [0, 0.05) is 25.0 Å². The largest absolute Gasteiger partial charge is 0.340 e. The first-order chi connectivity index (χ1) is 8.31. The lowest BCUT2D eigenvalue weighted by atomic mass is 10.0. The van der Waals surface area contributed by atoms with Gasteiger partial charge in [-0.3, -0.25) is 4.79 Å². The number of carbonyl (C=O) groups is 1. The zero-order chi connectivity index (χ0) is 12.1. The van der Waals surface area contributed by atoms with Gasteiger partial charge >= 0.3 is 0 Å². The summed E-state index contributed by atoms with van der Waals surface area (Å²) in [6.45, 7) is 4.09. The maximum atomic E-state index is 12.3. The van der Waals surface area contributed by atoms with Crippen LogP contribution in [0.25, 0.3) is 0 Å². The molecule has 1 amide bonds. The Morgan fingerprint density at radius 2 is 1.88 bits per heavy atom. The second-order valence-electron chi connectivity index (χ2n) is 5.47. The van der Waals surface area contributed by atoms with Crippen LogP contribution in [0.4, 0.5) is 0 Å². The van der Waals surface area contributed by atoms with Crippen molar-refractivity contribution in [2.45, 2.75) is 70.4 Å². The maximum absolute atomic E-state index is 12.3. The number of amides is 1. The summed E-state index contributed by atoms with van der Waals surface area (Å²) in [7, 11) is 0. The third-order valence-electron chi connectivity index (χ3n) is 4.26. The molecule has 0 bridgehead atoms. The van der Waals surface area contributed by atoms with Gasteiger partial charge in [-0.05, 0) is 39.2 Å². The van der Waals surface area contributed by atoms with Crippen molar-refractivity contribution in [2.75, 3.05) is 13.1 Å². The molecule has 1 saturated heterocycles. The van der Waals surface area contributed by atoms with Crippen LogP contribution in [0.1, 0.15) is 58.3 Å². The standard InChI is InChI=1S/C14H26N2O/c1-2-16(13-8-3-4-9-13)14(17)11-12-7-5-6-10-15-12/h12-13,15H,2-11H2,1H3. The second-order valence-corrected chi connectivity index (χ2v) is 5.47. The minimum atomic E-state index is 0.374. The van der Waals surface area contributed by atoms with Crippen molar-refractivity contribution >= 4 is 5.91 Å². The summed E-state index contributed by atoms with van der Waals surface area (Å²) in [6.07, 6.45) is 9.48. The topological polar surface area (TPSA) is 32.3 Å². The van der Waals surface area contributed by atoms with E-state index in [4.69, 9.17) is 0 Å². The highest BCUT2D eigenvalue weighted by Gasteiger charge is 2.27. The van der Waals surface area contributed by atoms with Gasteiger partial charge in [-0.2, -0.15) is 0 Å². The van der Waals surface area contributed by atoms with Crippen molar-refractivity contribution < 1.29 is 4.79 Å². The molecule has 2 rings (SSSR count). The summed E-state index contributed by atoms with van der Waals surface area (Å²) in [5.74, 6) is 0.374. The summed E-state index contributed by atoms with van der Waals surface area (Å²) >= 11 is 0. The van der Waals surface area contributed by atoms with Crippen molar-refractivity contribution in [1.82, 2.24) is 10.2 Å². The Morgan fingerprint density at radius 3 is 2.47 bits per heavy atom. The van der Waals surface area contributed by atoms with Gasteiger partial charge < -0.3 is 10.2 Å². The van der Waals surface area contributed by atoms with E-state index in [1.165, 1.54) is 44.9 Å². The molecular formula is C14H26N2O. The van der Waals surface area contributed by atoms with Gasteiger partial charge in [0.05, 0.1) is 0 Å². The number of hydrogen-bond donors (Lipinski definition) is 1. The molecule has 3 heteroatoms. The van der Waals surface area contributed by atoms with Crippen LogP contribution < -0.4 is 5.32 Å². The Morgan fingerprint density at radius 1 is 1.18 bits per heavy atom. The summed E-state index contributed by atoms with van der Waals surface area (Å²) in [5.41, 5.74) is 0. The third kappa shape index (κ3) is 3.44. The van der Waals surface area contributed by atoms with Gasteiger partial charge in [0.15, 0.2) is 0 Å². The Kier molecular flexibility index (Phi) is 4.84. The summed E-state index contributed by atoms with van der Waals surface area (Å²) in [5, 5.41) is 3.47. The minimum Gasteiger partial charge on any atom is -0.340 e.